The van der Waals surface area contributed by atoms with Crippen LogP contribution in [0.15, 0.2) is 23.8 Å². The minimum atomic E-state index is -0.340. The van der Waals surface area contributed by atoms with E-state index < -0.39 is 0 Å². The SMILES string of the molecule is C[C@]12CC[C@@H](O)CC1=CC[C@H]1[C@H]2CC[C@@]2(C)[C@H]1CC[C@@]21C=CC(=O)O1. The summed E-state index contributed by atoms with van der Waals surface area (Å²) in [7, 11) is 0. The number of aliphatic hydroxyl groups is 1. The fraction of sp³-hybridized carbons (Fsp3) is 0.773. The molecule has 5 aliphatic rings. The van der Waals surface area contributed by atoms with Gasteiger partial charge in [-0.3, -0.25) is 0 Å². The van der Waals surface area contributed by atoms with E-state index in [4.69, 9.17) is 4.74 Å². The van der Waals surface area contributed by atoms with Crippen molar-refractivity contribution in [2.45, 2.75) is 76.9 Å². The van der Waals surface area contributed by atoms with Gasteiger partial charge >= 0.3 is 5.97 Å². The summed E-state index contributed by atoms with van der Waals surface area (Å²) in [5.41, 5.74) is 1.55. The third-order valence-electron chi connectivity index (χ3n) is 9.03. The molecule has 3 saturated carbocycles. The summed E-state index contributed by atoms with van der Waals surface area (Å²) in [6, 6.07) is 0. The number of aliphatic hydroxyl groups excluding tert-OH is 1. The summed E-state index contributed by atoms with van der Waals surface area (Å²) >= 11 is 0. The minimum Gasteiger partial charge on any atom is -0.451 e. The van der Waals surface area contributed by atoms with E-state index in [1.807, 2.05) is 0 Å². The summed E-state index contributed by atoms with van der Waals surface area (Å²) in [5, 5.41) is 10.1. The third kappa shape index (κ3) is 1.94. The lowest BCUT2D eigenvalue weighted by molar-refractivity contribution is -0.162. The second-order valence-electron chi connectivity index (χ2n) is 9.79. The molecule has 1 aliphatic heterocycles. The maximum atomic E-state index is 11.8. The predicted octanol–water partition coefficient (Wildman–Crippen LogP) is 4.16. The minimum absolute atomic E-state index is 0.0900. The van der Waals surface area contributed by atoms with Crippen molar-refractivity contribution in [2.24, 2.45) is 28.6 Å². The first kappa shape index (κ1) is 16.1. The van der Waals surface area contributed by atoms with Crippen molar-refractivity contribution in [1.82, 2.24) is 0 Å². The molecule has 1 heterocycles. The van der Waals surface area contributed by atoms with Gasteiger partial charge in [-0.1, -0.05) is 25.5 Å². The lowest BCUT2D eigenvalue weighted by Crippen LogP contribution is -2.54. The number of fused-ring (bicyclic) bond motifs is 6. The number of carbonyl (C=O) groups is 1. The molecule has 3 fully saturated rings. The first-order valence-electron chi connectivity index (χ1n) is 10.2. The number of allylic oxidation sites excluding steroid dienone is 1. The summed E-state index contributed by atoms with van der Waals surface area (Å²) in [6.07, 6.45) is 14.7. The van der Waals surface area contributed by atoms with Crippen molar-refractivity contribution in [1.29, 1.82) is 0 Å². The van der Waals surface area contributed by atoms with E-state index in [0.717, 1.165) is 44.4 Å². The lowest BCUT2D eigenvalue weighted by Gasteiger charge is -2.58. The Kier molecular flexibility index (Phi) is 3.22. The van der Waals surface area contributed by atoms with E-state index in [-0.39, 0.29) is 28.5 Å². The molecule has 5 rings (SSSR count). The molecule has 0 radical (unpaired) electrons. The van der Waals surface area contributed by atoms with Crippen LogP contribution in [0.5, 0.6) is 0 Å². The molecule has 0 unspecified atom stereocenters. The molecule has 4 aliphatic carbocycles. The van der Waals surface area contributed by atoms with Crippen LogP contribution in [-0.2, 0) is 9.53 Å². The van der Waals surface area contributed by atoms with E-state index in [2.05, 4.69) is 26.0 Å². The number of rotatable bonds is 0. The molecule has 0 saturated heterocycles. The summed E-state index contributed by atoms with van der Waals surface area (Å²) in [4.78, 5) is 11.8. The highest BCUT2D eigenvalue weighted by Crippen LogP contribution is 2.68. The Morgan fingerprint density at radius 2 is 1.92 bits per heavy atom. The van der Waals surface area contributed by atoms with Crippen molar-refractivity contribution >= 4 is 5.97 Å². The Balaban J connectivity index is 1.50. The second-order valence-corrected chi connectivity index (χ2v) is 9.79. The van der Waals surface area contributed by atoms with E-state index in [0.29, 0.717) is 11.8 Å². The fourth-order valence-electron chi connectivity index (χ4n) is 7.57. The van der Waals surface area contributed by atoms with Gasteiger partial charge in [0, 0.05) is 11.5 Å². The highest BCUT2D eigenvalue weighted by molar-refractivity contribution is 5.85. The number of hydrogen-bond acceptors (Lipinski definition) is 3. The molecule has 1 N–H and O–H groups in total. The standard InChI is InChI=1S/C22H30O3/c1-20-9-5-15(23)13-14(20)3-4-16-17(20)6-10-21(2)18(16)7-11-22(21)12-8-19(24)25-22/h3,8,12,15-18,23H,4-7,9-11,13H2,1-2H3/t15-,16+,17-,18+,20+,21+,22-/m1/s1. The molecule has 0 amide bonds. The quantitative estimate of drug-likeness (QED) is 0.531. The van der Waals surface area contributed by atoms with Gasteiger partial charge in [0.1, 0.15) is 5.60 Å². The van der Waals surface area contributed by atoms with Gasteiger partial charge in [0.25, 0.3) is 0 Å². The zero-order valence-corrected chi connectivity index (χ0v) is 15.5. The van der Waals surface area contributed by atoms with Crippen LogP contribution in [0.1, 0.15) is 65.2 Å². The van der Waals surface area contributed by atoms with Crippen molar-refractivity contribution in [3.63, 3.8) is 0 Å². The normalized spacial score (nSPS) is 53.9. The van der Waals surface area contributed by atoms with Gasteiger partial charge in [-0.15, -0.1) is 0 Å². The molecule has 0 bridgehead atoms. The molecule has 136 valence electrons. The summed E-state index contributed by atoms with van der Waals surface area (Å²) in [6.45, 7) is 4.85. The van der Waals surface area contributed by atoms with Crippen molar-refractivity contribution < 1.29 is 14.6 Å². The molecule has 7 atom stereocenters. The molecule has 1 spiro atoms. The second kappa shape index (κ2) is 5.00. The summed E-state index contributed by atoms with van der Waals surface area (Å²) < 4.78 is 5.91. The van der Waals surface area contributed by atoms with Gasteiger partial charge in [-0.25, -0.2) is 4.79 Å². The third-order valence-corrected chi connectivity index (χ3v) is 9.03. The van der Waals surface area contributed by atoms with Crippen LogP contribution in [0.2, 0.25) is 0 Å². The first-order valence-corrected chi connectivity index (χ1v) is 10.2. The molecular formula is C22H30O3. The molecule has 0 aromatic rings. The largest absolute Gasteiger partial charge is 0.451 e. The zero-order chi connectivity index (χ0) is 17.4. The van der Waals surface area contributed by atoms with Gasteiger partial charge < -0.3 is 9.84 Å². The Morgan fingerprint density at radius 3 is 2.68 bits per heavy atom. The number of esters is 1. The van der Waals surface area contributed by atoms with Gasteiger partial charge in [0.15, 0.2) is 0 Å². The number of hydrogen-bond donors (Lipinski definition) is 1. The number of ether oxygens (including phenoxy) is 1. The maximum Gasteiger partial charge on any atom is 0.331 e. The molecule has 25 heavy (non-hydrogen) atoms. The van der Waals surface area contributed by atoms with Crippen LogP contribution in [-0.4, -0.2) is 22.8 Å². The maximum absolute atomic E-state index is 11.8. The zero-order valence-electron chi connectivity index (χ0n) is 15.5. The van der Waals surface area contributed by atoms with Crippen LogP contribution < -0.4 is 0 Å². The fourth-order valence-corrected chi connectivity index (χ4v) is 7.57. The molecule has 0 aromatic heterocycles. The Bertz CT molecular complexity index is 679. The van der Waals surface area contributed by atoms with Crippen molar-refractivity contribution in [3.8, 4) is 0 Å². The van der Waals surface area contributed by atoms with Gasteiger partial charge in [-0.2, -0.15) is 0 Å². The highest BCUT2D eigenvalue weighted by atomic mass is 16.6. The molecule has 0 aromatic carbocycles. The highest BCUT2D eigenvalue weighted by Gasteiger charge is 2.65. The van der Waals surface area contributed by atoms with Gasteiger partial charge in [0.05, 0.1) is 6.10 Å². The monoisotopic (exact) mass is 342 g/mol. The average Bonchev–Trinajstić information content (AvgIpc) is 3.10. The van der Waals surface area contributed by atoms with Gasteiger partial charge in [0.2, 0.25) is 0 Å². The van der Waals surface area contributed by atoms with Crippen molar-refractivity contribution in [2.75, 3.05) is 0 Å². The smallest absolute Gasteiger partial charge is 0.331 e. The lowest BCUT2D eigenvalue weighted by atomic mass is 9.47. The topological polar surface area (TPSA) is 46.5 Å². The van der Waals surface area contributed by atoms with E-state index >= 15 is 0 Å². The van der Waals surface area contributed by atoms with Crippen LogP contribution in [0.3, 0.4) is 0 Å². The van der Waals surface area contributed by atoms with Crippen molar-refractivity contribution in [3.05, 3.63) is 23.8 Å². The Hall–Kier alpha value is -1.09. The number of carbonyl (C=O) groups excluding carboxylic acids is 1. The van der Waals surface area contributed by atoms with E-state index in [1.54, 1.807) is 6.08 Å². The molecule has 3 heteroatoms. The van der Waals surface area contributed by atoms with Crippen LogP contribution in [0, 0.1) is 28.6 Å². The predicted molar refractivity (Wildman–Crippen MR) is 95.7 cm³/mol. The van der Waals surface area contributed by atoms with Crippen LogP contribution in [0.25, 0.3) is 0 Å². The van der Waals surface area contributed by atoms with E-state index in [9.17, 15) is 9.90 Å². The van der Waals surface area contributed by atoms with Crippen LogP contribution in [0.4, 0.5) is 0 Å². The van der Waals surface area contributed by atoms with Crippen LogP contribution >= 0.6 is 0 Å². The molecule has 3 nitrogen and oxygen atoms in total. The van der Waals surface area contributed by atoms with E-state index in [1.165, 1.54) is 18.4 Å². The van der Waals surface area contributed by atoms with Gasteiger partial charge in [-0.05, 0) is 80.6 Å². The Labute approximate surface area is 150 Å². The summed E-state index contributed by atoms with van der Waals surface area (Å²) in [5.74, 6) is 1.93. The molecular weight excluding hydrogens is 312 g/mol. The first-order chi connectivity index (χ1) is 11.9. The Morgan fingerprint density at radius 1 is 1.12 bits per heavy atom. The average molecular weight is 342 g/mol.